The van der Waals surface area contributed by atoms with Gasteiger partial charge in [0.1, 0.15) is 11.5 Å². The molecule has 1 amide bonds. The Labute approximate surface area is 149 Å². The minimum Gasteiger partial charge on any atom is -0.495 e. The predicted octanol–water partition coefficient (Wildman–Crippen LogP) is 3.45. The van der Waals surface area contributed by atoms with Crippen molar-refractivity contribution in [2.75, 3.05) is 12.4 Å². The van der Waals surface area contributed by atoms with Crippen LogP contribution in [0.15, 0.2) is 35.1 Å². The molecule has 0 aliphatic rings. The second-order valence-electron chi connectivity index (χ2n) is 5.58. The highest BCUT2D eigenvalue weighted by Gasteiger charge is 2.21. The maximum atomic E-state index is 12.7. The molecule has 25 heavy (non-hydrogen) atoms. The second kappa shape index (κ2) is 6.98. The van der Waals surface area contributed by atoms with Gasteiger partial charge in [-0.25, -0.2) is 0 Å². The van der Waals surface area contributed by atoms with Gasteiger partial charge < -0.3 is 14.6 Å². The van der Waals surface area contributed by atoms with Crippen LogP contribution in [0, 0.1) is 13.8 Å². The molecule has 0 spiro atoms. The minimum atomic E-state index is -0.381. The van der Waals surface area contributed by atoms with Gasteiger partial charge in [-0.2, -0.15) is 5.10 Å². The summed E-state index contributed by atoms with van der Waals surface area (Å²) in [6.45, 7) is 4.01. The summed E-state index contributed by atoms with van der Waals surface area (Å²) in [5.41, 5.74) is 2.41. The number of aromatic nitrogens is 3. The number of ether oxygens (including phenoxy) is 1. The normalized spacial score (nSPS) is 10.7. The molecule has 2 aromatic heterocycles. The average Bonchev–Trinajstić information content (AvgIpc) is 3.14. The molecular formula is C17H17ClN4O3. The van der Waals surface area contributed by atoms with Gasteiger partial charge in [0, 0.05) is 11.8 Å². The number of aryl methyl sites for hydroxylation is 2. The molecule has 1 N–H and O–H groups in total. The van der Waals surface area contributed by atoms with Gasteiger partial charge in [-0.1, -0.05) is 22.8 Å². The Kier molecular flexibility index (Phi) is 4.76. The lowest BCUT2D eigenvalue weighted by Crippen LogP contribution is -2.16. The number of nitrogens with zero attached hydrogens (tertiary/aromatic N) is 3. The lowest BCUT2D eigenvalue weighted by molar-refractivity contribution is 0.101. The van der Waals surface area contributed by atoms with Gasteiger partial charge in [-0.3, -0.25) is 9.48 Å². The number of carbonyl (C=O) groups excluding carboxylic acids is 1. The van der Waals surface area contributed by atoms with Crippen molar-refractivity contribution in [3.63, 3.8) is 0 Å². The number of amides is 1. The van der Waals surface area contributed by atoms with E-state index in [1.807, 2.05) is 19.1 Å². The highest BCUT2D eigenvalue weighted by Crippen LogP contribution is 2.26. The van der Waals surface area contributed by atoms with E-state index in [1.54, 1.807) is 31.0 Å². The van der Waals surface area contributed by atoms with E-state index in [-0.39, 0.29) is 11.6 Å². The molecule has 130 valence electrons. The molecule has 2 heterocycles. The van der Waals surface area contributed by atoms with Crippen LogP contribution in [-0.4, -0.2) is 28.0 Å². The van der Waals surface area contributed by atoms with Crippen LogP contribution in [0.25, 0.3) is 0 Å². The smallest absolute Gasteiger partial charge is 0.278 e. The minimum absolute atomic E-state index is 0.202. The van der Waals surface area contributed by atoms with E-state index in [0.29, 0.717) is 34.3 Å². The van der Waals surface area contributed by atoms with Crippen molar-refractivity contribution in [2.45, 2.75) is 20.4 Å². The zero-order valence-electron chi connectivity index (χ0n) is 14.0. The van der Waals surface area contributed by atoms with Gasteiger partial charge in [-0.05, 0) is 31.5 Å². The number of rotatable bonds is 5. The Morgan fingerprint density at radius 2 is 2.20 bits per heavy atom. The van der Waals surface area contributed by atoms with Crippen LogP contribution in [0.4, 0.5) is 5.69 Å². The summed E-state index contributed by atoms with van der Waals surface area (Å²) in [5.74, 6) is 0.738. The van der Waals surface area contributed by atoms with Gasteiger partial charge in [0.05, 0.1) is 30.6 Å². The maximum Gasteiger partial charge on any atom is 0.278 e. The van der Waals surface area contributed by atoms with E-state index in [4.69, 9.17) is 20.9 Å². The number of carbonyl (C=O) groups is 1. The number of benzene rings is 1. The van der Waals surface area contributed by atoms with Crippen molar-refractivity contribution >= 4 is 23.2 Å². The van der Waals surface area contributed by atoms with Gasteiger partial charge in [0.15, 0.2) is 5.69 Å². The number of hydrogen-bond donors (Lipinski definition) is 1. The number of halogens is 1. The fraction of sp³-hybridized carbons (Fsp3) is 0.235. The summed E-state index contributed by atoms with van der Waals surface area (Å²) in [6.07, 6.45) is 3.20. The molecule has 3 aromatic rings. The van der Waals surface area contributed by atoms with Gasteiger partial charge in [-0.15, -0.1) is 0 Å². The quantitative estimate of drug-likeness (QED) is 0.753. The van der Waals surface area contributed by atoms with Crippen LogP contribution >= 0.6 is 11.6 Å². The molecule has 0 radical (unpaired) electrons. The third-order valence-corrected chi connectivity index (χ3v) is 3.92. The van der Waals surface area contributed by atoms with Crippen LogP contribution in [0.1, 0.15) is 27.4 Å². The summed E-state index contributed by atoms with van der Waals surface area (Å²) in [7, 11) is 1.55. The molecule has 7 nitrogen and oxygen atoms in total. The summed E-state index contributed by atoms with van der Waals surface area (Å²) < 4.78 is 12.1. The lowest BCUT2D eigenvalue weighted by atomic mass is 10.1. The van der Waals surface area contributed by atoms with Gasteiger partial charge in [0.2, 0.25) is 0 Å². The molecule has 3 rings (SSSR count). The summed E-state index contributed by atoms with van der Waals surface area (Å²) in [5, 5.41) is 11.3. The molecule has 0 bridgehead atoms. The molecule has 0 aliphatic heterocycles. The molecule has 0 atom stereocenters. The van der Waals surface area contributed by atoms with E-state index in [2.05, 4.69) is 15.6 Å². The summed E-state index contributed by atoms with van der Waals surface area (Å²) in [6, 6.07) is 5.53. The summed E-state index contributed by atoms with van der Waals surface area (Å²) in [4.78, 5) is 12.7. The van der Waals surface area contributed by atoms with Gasteiger partial charge in [0.25, 0.3) is 5.91 Å². The number of nitrogens with one attached hydrogen (secondary N) is 1. The van der Waals surface area contributed by atoms with Crippen LogP contribution in [0.3, 0.4) is 0 Å². The van der Waals surface area contributed by atoms with E-state index in [0.717, 1.165) is 5.56 Å². The Morgan fingerprint density at radius 3 is 2.88 bits per heavy atom. The fourth-order valence-electron chi connectivity index (χ4n) is 2.44. The molecule has 0 saturated carbocycles. The van der Waals surface area contributed by atoms with Crippen LogP contribution in [-0.2, 0) is 6.54 Å². The predicted molar refractivity (Wildman–Crippen MR) is 93.3 cm³/mol. The van der Waals surface area contributed by atoms with Crippen LogP contribution in [0.5, 0.6) is 5.75 Å². The van der Waals surface area contributed by atoms with Crippen molar-refractivity contribution in [2.24, 2.45) is 0 Å². The van der Waals surface area contributed by atoms with Crippen molar-refractivity contribution in [1.29, 1.82) is 0 Å². The summed E-state index contributed by atoms with van der Waals surface area (Å²) >= 11 is 5.88. The Balaban J connectivity index is 1.87. The van der Waals surface area contributed by atoms with Gasteiger partial charge >= 0.3 is 0 Å². The molecule has 0 unspecified atom stereocenters. The first-order valence-corrected chi connectivity index (χ1v) is 7.95. The molecule has 8 heteroatoms. The van der Waals surface area contributed by atoms with E-state index >= 15 is 0 Å². The second-order valence-corrected chi connectivity index (χ2v) is 6.02. The van der Waals surface area contributed by atoms with Crippen molar-refractivity contribution in [3.05, 3.63) is 58.2 Å². The first kappa shape index (κ1) is 17.0. The first-order chi connectivity index (χ1) is 12.0. The highest BCUT2D eigenvalue weighted by molar-refractivity contribution is 6.30. The lowest BCUT2D eigenvalue weighted by Gasteiger charge is -2.10. The molecule has 0 fully saturated rings. The van der Waals surface area contributed by atoms with Crippen LogP contribution in [0.2, 0.25) is 5.02 Å². The van der Waals surface area contributed by atoms with E-state index < -0.39 is 0 Å². The Bertz CT molecular complexity index is 917. The maximum absolute atomic E-state index is 12.7. The number of anilines is 1. The van der Waals surface area contributed by atoms with Crippen molar-refractivity contribution in [1.82, 2.24) is 14.9 Å². The number of methoxy groups -OCH3 is 1. The SMILES string of the molecule is COc1ccc(C)cc1NC(=O)c1noc(C)c1Cn1cc(Cl)cn1. The molecule has 0 aliphatic carbocycles. The largest absolute Gasteiger partial charge is 0.495 e. The van der Waals surface area contributed by atoms with Crippen LogP contribution < -0.4 is 10.1 Å². The third kappa shape index (κ3) is 3.66. The third-order valence-electron chi connectivity index (χ3n) is 3.72. The monoisotopic (exact) mass is 360 g/mol. The molecule has 0 saturated heterocycles. The van der Waals surface area contributed by atoms with E-state index in [1.165, 1.54) is 6.20 Å². The zero-order chi connectivity index (χ0) is 18.0. The molecular weight excluding hydrogens is 344 g/mol. The zero-order valence-corrected chi connectivity index (χ0v) is 14.8. The first-order valence-electron chi connectivity index (χ1n) is 7.57. The average molecular weight is 361 g/mol. The Hall–Kier alpha value is -2.80. The highest BCUT2D eigenvalue weighted by atomic mass is 35.5. The standard InChI is InChI=1S/C17H17ClN4O3/c1-10-4-5-15(24-3)14(6-10)20-17(23)16-13(11(2)25-21-16)9-22-8-12(18)7-19-22/h4-8H,9H2,1-3H3,(H,20,23). The fourth-order valence-corrected chi connectivity index (χ4v) is 2.60. The topological polar surface area (TPSA) is 82.2 Å². The molecule has 1 aromatic carbocycles. The van der Waals surface area contributed by atoms with E-state index in [9.17, 15) is 4.79 Å². The number of hydrogen-bond acceptors (Lipinski definition) is 5. The van der Waals surface area contributed by atoms with Crippen molar-refractivity contribution < 1.29 is 14.1 Å². The van der Waals surface area contributed by atoms with Crippen molar-refractivity contribution in [3.8, 4) is 5.75 Å². The Morgan fingerprint density at radius 1 is 1.40 bits per heavy atom.